The van der Waals surface area contributed by atoms with Crippen molar-refractivity contribution in [3.05, 3.63) is 70.9 Å². The third-order valence-electron chi connectivity index (χ3n) is 6.49. The van der Waals surface area contributed by atoms with E-state index in [4.69, 9.17) is 21.3 Å². The van der Waals surface area contributed by atoms with Crippen molar-refractivity contribution in [2.75, 3.05) is 0 Å². The van der Waals surface area contributed by atoms with Crippen LogP contribution in [0.1, 0.15) is 58.3 Å². The van der Waals surface area contributed by atoms with Crippen LogP contribution in [0.5, 0.6) is 0 Å². The van der Waals surface area contributed by atoms with Gasteiger partial charge in [0.15, 0.2) is 5.78 Å². The first-order valence-electron chi connectivity index (χ1n) is 12.9. The quantitative estimate of drug-likeness (QED) is 0.205. The zero-order valence-corrected chi connectivity index (χ0v) is 24.2. The minimum Gasteiger partial charge on any atom is -0.360 e. The van der Waals surface area contributed by atoms with Gasteiger partial charge in [0, 0.05) is 33.6 Å². The molecule has 0 fully saturated rings. The van der Waals surface area contributed by atoms with E-state index in [0.717, 1.165) is 66.9 Å². The highest BCUT2D eigenvalue weighted by Crippen LogP contribution is 2.44. The summed E-state index contributed by atoms with van der Waals surface area (Å²) in [6.07, 6.45) is 2.26. The number of carbonyl (C=O) groups is 1. The van der Waals surface area contributed by atoms with Gasteiger partial charge in [-0.25, -0.2) is 4.98 Å². The van der Waals surface area contributed by atoms with Crippen molar-refractivity contribution in [1.29, 1.82) is 0 Å². The molecule has 0 saturated heterocycles. The van der Waals surface area contributed by atoms with E-state index >= 15 is 0 Å². The Morgan fingerprint density at radius 1 is 1.11 bits per heavy atom. The average Bonchev–Trinajstić information content (AvgIpc) is 3.46. The number of carbonyl (C=O) groups excluding carboxylic acids is 1. The Balaban J connectivity index is 1.74. The fraction of sp³-hybridized carbons (Fsp3) is 0.323. The number of fused-ring (bicyclic) bond motifs is 2. The second kappa shape index (κ2) is 10.3. The number of ether oxygens (including phenoxy) is 1. The molecule has 0 bridgehead atoms. The topological polar surface area (TPSA) is 57.0 Å². The highest BCUT2D eigenvalue weighted by atomic mass is 35.5. The van der Waals surface area contributed by atoms with E-state index < -0.39 is 11.7 Å². The summed E-state index contributed by atoms with van der Waals surface area (Å²) in [5.74, 6) is -0.0307. The van der Waals surface area contributed by atoms with Crippen molar-refractivity contribution in [2.45, 2.75) is 66.2 Å². The molecule has 0 aliphatic heterocycles. The normalized spacial score (nSPS) is 12.9. The number of benzene rings is 3. The summed E-state index contributed by atoms with van der Waals surface area (Å²) in [6, 6.07) is 16.2. The van der Waals surface area contributed by atoms with E-state index in [-0.39, 0.29) is 5.78 Å². The van der Waals surface area contributed by atoms with Crippen LogP contribution in [0.2, 0.25) is 5.02 Å². The molecule has 2 heterocycles. The van der Waals surface area contributed by atoms with Gasteiger partial charge in [-0.2, -0.15) is 5.10 Å². The Bertz CT molecular complexity index is 1640. The third-order valence-corrected chi connectivity index (χ3v) is 7.88. The lowest BCUT2D eigenvalue weighted by molar-refractivity contribution is -0.138. The molecule has 5 rings (SSSR count). The van der Waals surface area contributed by atoms with Gasteiger partial charge in [-0.1, -0.05) is 30.7 Å². The molecule has 1 atom stereocenters. The molecule has 196 valence electrons. The van der Waals surface area contributed by atoms with Gasteiger partial charge < -0.3 is 4.74 Å². The Morgan fingerprint density at radius 3 is 2.47 bits per heavy atom. The molecule has 0 N–H and O–H groups in total. The summed E-state index contributed by atoms with van der Waals surface area (Å²) in [4.78, 5) is 18.0. The van der Waals surface area contributed by atoms with Gasteiger partial charge in [-0.3, -0.25) is 9.48 Å². The number of aryl methyl sites for hydroxylation is 2. The number of ketones is 1. The molecule has 0 aliphatic rings. The van der Waals surface area contributed by atoms with Crippen molar-refractivity contribution >= 4 is 49.8 Å². The van der Waals surface area contributed by atoms with Gasteiger partial charge in [0.2, 0.25) is 0 Å². The number of nitrogens with zero attached hydrogens (tertiary/aromatic N) is 3. The lowest BCUT2D eigenvalue weighted by atomic mass is 9.90. The first-order valence-corrected chi connectivity index (χ1v) is 14.1. The Morgan fingerprint density at radius 2 is 1.82 bits per heavy atom. The second-order valence-corrected chi connectivity index (χ2v) is 12.2. The fourth-order valence-electron chi connectivity index (χ4n) is 4.88. The van der Waals surface area contributed by atoms with E-state index in [1.807, 2.05) is 62.8 Å². The lowest BCUT2D eigenvalue weighted by Gasteiger charge is -2.29. The Labute approximate surface area is 232 Å². The standard InChI is InChI=1S/C31H32ClN3O2S/c1-7-14-35-25-13-10-21(16-22(25)17-33-35)30-34-24-15-18(2)26(28(19(3)36)37-31(4,5)6)27(29(24)38-30)20-8-11-23(32)12-9-20/h8-13,15-17,28H,7,14H2,1-6H3/t28-/m1/s1. The third kappa shape index (κ3) is 5.13. The monoisotopic (exact) mass is 545 g/mol. The van der Waals surface area contributed by atoms with Crippen LogP contribution in [0, 0.1) is 6.92 Å². The molecule has 0 spiro atoms. The van der Waals surface area contributed by atoms with Crippen LogP contribution in [0.3, 0.4) is 0 Å². The largest absolute Gasteiger partial charge is 0.360 e. The van der Waals surface area contributed by atoms with E-state index in [0.29, 0.717) is 5.02 Å². The van der Waals surface area contributed by atoms with Gasteiger partial charge in [-0.05, 0) is 88.6 Å². The number of hydrogen-bond acceptors (Lipinski definition) is 5. The minimum atomic E-state index is -0.698. The SMILES string of the molecule is CCCn1ncc2cc(-c3nc4cc(C)c([C@H](OC(C)(C)C)C(C)=O)c(-c5ccc(Cl)cc5)c4s3)ccc21. The molecule has 3 aromatic carbocycles. The van der Waals surface area contributed by atoms with E-state index in [2.05, 4.69) is 36.3 Å². The maximum atomic E-state index is 13.0. The van der Waals surface area contributed by atoms with Crippen molar-refractivity contribution in [3.63, 3.8) is 0 Å². The van der Waals surface area contributed by atoms with Crippen LogP contribution < -0.4 is 0 Å². The molecule has 5 nitrogen and oxygen atoms in total. The van der Waals surface area contributed by atoms with Crippen molar-refractivity contribution in [2.24, 2.45) is 0 Å². The zero-order valence-electron chi connectivity index (χ0n) is 22.6. The van der Waals surface area contributed by atoms with Gasteiger partial charge >= 0.3 is 0 Å². The molecule has 0 radical (unpaired) electrons. The molecule has 5 aromatic rings. The first kappa shape index (κ1) is 26.5. The molecular weight excluding hydrogens is 514 g/mol. The first-order chi connectivity index (χ1) is 18.1. The fourth-order valence-corrected chi connectivity index (χ4v) is 6.13. The van der Waals surface area contributed by atoms with Gasteiger partial charge in [0.1, 0.15) is 11.1 Å². The number of hydrogen-bond donors (Lipinski definition) is 0. The molecule has 38 heavy (non-hydrogen) atoms. The number of Topliss-reactive ketones (excluding diaryl/α,β-unsaturated/α-hetero) is 1. The number of thiazole rings is 1. The average molecular weight is 546 g/mol. The van der Waals surface area contributed by atoms with Gasteiger partial charge in [-0.15, -0.1) is 11.3 Å². The summed E-state index contributed by atoms with van der Waals surface area (Å²) >= 11 is 7.88. The molecule has 0 saturated carbocycles. The molecular formula is C31H32ClN3O2S. The maximum Gasteiger partial charge on any atom is 0.163 e. The maximum absolute atomic E-state index is 13.0. The molecule has 7 heteroatoms. The molecule has 0 unspecified atom stereocenters. The summed E-state index contributed by atoms with van der Waals surface area (Å²) in [6.45, 7) is 12.6. The van der Waals surface area contributed by atoms with E-state index in [9.17, 15) is 4.79 Å². The van der Waals surface area contributed by atoms with E-state index in [1.54, 1.807) is 18.3 Å². The van der Waals surface area contributed by atoms with Crippen molar-refractivity contribution in [1.82, 2.24) is 14.8 Å². The minimum absolute atomic E-state index is 0.0307. The second-order valence-electron chi connectivity index (χ2n) is 10.7. The smallest absolute Gasteiger partial charge is 0.163 e. The van der Waals surface area contributed by atoms with Crippen LogP contribution in [0.4, 0.5) is 0 Å². The predicted octanol–water partition coefficient (Wildman–Crippen LogP) is 8.80. The summed E-state index contributed by atoms with van der Waals surface area (Å²) in [7, 11) is 0. The summed E-state index contributed by atoms with van der Waals surface area (Å²) < 4.78 is 9.43. The highest BCUT2D eigenvalue weighted by Gasteiger charge is 2.30. The van der Waals surface area contributed by atoms with Crippen molar-refractivity contribution in [3.8, 4) is 21.7 Å². The van der Waals surface area contributed by atoms with Crippen molar-refractivity contribution < 1.29 is 9.53 Å². The summed E-state index contributed by atoms with van der Waals surface area (Å²) in [5, 5.41) is 7.24. The lowest BCUT2D eigenvalue weighted by Crippen LogP contribution is -2.27. The van der Waals surface area contributed by atoms with Crippen LogP contribution in [-0.4, -0.2) is 26.1 Å². The van der Waals surface area contributed by atoms with E-state index in [1.165, 1.54) is 0 Å². The van der Waals surface area contributed by atoms with Crippen LogP contribution in [-0.2, 0) is 16.1 Å². The zero-order chi connectivity index (χ0) is 27.2. The van der Waals surface area contributed by atoms with Crippen LogP contribution in [0.25, 0.3) is 42.8 Å². The Hall–Kier alpha value is -3.06. The highest BCUT2D eigenvalue weighted by molar-refractivity contribution is 7.22. The van der Waals surface area contributed by atoms with Gasteiger partial charge in [0.25, 0.3) is 0 Å². The number of halogens is 1. The molecule has 0 aliphatic carbocycles. The molecule has 2 aromatic heterocycles. The Kier molecular flexibility index (Phi) is 7.16. The van der Waals surface area contributed by atoms with Gasteiger partial charge in [0.05, 0.1) is 27.5 Å². The van der Waals surface area contributed by atoms with Crippen LogP contribution in [0.15, 0.2) is 54.7 Å². The predicted molar refractivity (Wildman–Crippen MR) is 158 cm³/mol. The number of aromatic nitrogens is 3. The molecule has 0 amide bonds. The van der Waals surface area contributed by atoms with Crippen LogP contribution >= 0.6 is 22.9 Å². The number of rotatable bonds is 7. The summed E-state index contributed by atoms with van der Waals surface area (Å²) in [5.41, 5.74) is 6.39.